The van der Waals surface area contributed by atoms with Gasteiger partial charge in [0.15, 0.2) is 0 Å². The van der Waals surface area contributed by atoms with Gasteiger partial charge in [0.1, 0.15) is 10.7 Å². The van der Waals surface area contributed by atoms with E-state index in [4.69, 9.17) is 5.73 Å². The molecule has 3 rings (SSSR count). The number of piperazine rings is 1. The van der Waals surface area contributed by atoms with Crippen molar-refractivity contribution in [2.45, 2.75) is 42.9 Å². The van der Waals surface area contributed by atoms with E-state index < -0.39 is 9.84 Å². The zero-order valence-electron chi connectivity index (χ0n) is 18.9. The quantitative estimate of drug-likeness (QED) is 0.610. The van der Waals surface area contributed by atoms with Gasteiger partial charge in [-0.1, -0.05) is 32.9 Å². The van der Waals surface area contributed by atoms with Crippen LogP contribution in [0.3, 0.4) is 0 Å². The Morgan fingerprint density at radius 3 is 2.38 bits per heavy atom. The molecule has 1 aromatic carbocycles. The van der Waals surface area contributed by atoms with Crippen molar-refractivity contribution < 1.29 is 13.2 Å². The standard InChI is InChI=1S/C22H32N6O3S/c1-4-9-24-20(29)15-27-10-12-28(13-11-27)22-25-14-19(21(23)26-22)32(30,31)18-7-5-17(6-8-18)16(2)3/h5-8,14,16H,4,9-13,15H2,1-3H3,(H,24,29)(H2,23,25,26). The lowest BCUT2D eigenvalue weighted by molar-refractivity contribution is -0.122. The smallest absolute Gasteiger partial charge is 0.234 e. The summed E-state index contributed by atoms with van der Waals surface area (Å²) in [5.74, 6) is 0.665. The van der Waals surface area contributed by atoms with E-state index in [1.807, 2.05) is 24.0 Å². The fourth-order valence-electron chi connectivity index (χ4n) is 3.52. The molecule has 0 unspecified atom stereocenters. The molecule has 0 bridgehead atoms. The predicted octanol–water partition coefficient (Wildman–Crippen LogP) is 1.66. The fourth-order valence-corrected chi connectivity index (χ4v) is 4.78. The number of anilines is 2. The van der Waals surface area contributed by atoms with Crippen LogP contribution in [0.5, 0.6) is 0 Å². The molecule has 1 aromatic heterocycles. The summed E-state index contributed by atoms with van der Waals surface area (Å²) in [6, 6.07) is 6.80. The summed E-state index contributed by atoms with van der Waals surface area (Å²) in [7, 11) is -3.81. The minimum absolute atomic E-state index is 0.0248. The van der Waals surface area contributed by atoms with Crippen LogP contribution in [0, 0.1) is 0 Å². The van der Waals surface area contributed by atoms with Gasteiger partial charge in [-0.2, -0.15) is 4.98 Å². The first kappa shape index (κ1) is 23.9. The Morgan fingerprint density at radius 2 is 1.81 bits per heavy atom. The first-order chi connectivity index (χ1) is 15.2. The highest BCUT2D eigenvalue weighted by Crippen LogP contribution is 2.27. The van der Waals surface area contributed by atoms with E-state index >= 15 is 0 Å². The highest BCUT2D eigenvalue weighted by Gasteiger charge is 2.25. The van der Waals surface area contributed by atoms with Gasteiger partial charge in [0, 0.05) is 32.7 Å². The highest BCUT2D eigenvalue weighted by atomic mass is 32.2. The van der Waals surface area contributed by atoms with Gasteiger partial charge < -0.3 is 16.0 Å². The molecule has 1 aliphatic rings. The second kappa shape index (κ2) is 10.3. The number of benzene rings is 1. The predicted molar refractivity (Wildman–Crippen MR) is 124 cm³/mol. The summed E-state index contributed by atoms with van der Waals surface area (Å²) in [6.45, 7) is 9.79. The molecule has 0 aliphatic carbocycles. The van der Waals surface area contributed by atoms with Crippen molar-refractivity contribution >= 4 is 27.5 Å². The number of rotatable bonds is 8. The number of nitrogens with zero attached hydrogens (tertiary/aromatic N) is 4. The van der Waals surface area contributed by atoms with Gasteiger partial charge in [0.25, 0.3) is 0 Å². The summed E-state index contributed by atoms with van der Waals surface area (Å²) in [5, 5.41) is 2.88. The molecule has 10 heteroatoms. The summed E-state index contributed by atoms with van der Waals surface area (Å²) < 4.78 is 26.1. The number of nitrogen functional groups attached to an aromatic ring is 1. The molecule has 1 fully saturated rings. The lowest BCUT2D eigenvalue weighted by Crippen LogP contribution is -2.50. The minimum Gasteiger partial charge on any atom is -0.382 e. The van der Waals surface area contributed by atoms with Crippen molar-refractivity contribution in [1.82, 2.24) is 20.2 Å². The van der Waals surface area contributed by atoms with E-state index in [9.17, 15) is 13.2 Å². The number of nitrogens with one attached hydrogen (secondary N) is 1. The molecule has 9 nitrogen and oxygen atoms in total. The van der Waals surface area contributed by atoms with Gasteiger partial charge in [-0.3, -0.25) is 9.69 Å². The second-order valence-corrected chi connectivity index (χ2v) is 10.2. The molecule has 1 amide bonds. The van der Waals surface area contributed by atoms with Crippen LogP contribution >= 0.6 is 0 Å². The highest BCUT2D eigenvalue weighted by molar-refractivity contribution is 7.91. The third-order valence-corrected chi connectivity index (χ3v) is 7.30. The molecule has 1 aliphatic heterocycles. The first-order valence-corrected chi connectivity index (χ1v) is 12.4. The average Bonchev–Trinajstić information content (AvgIpc) is 2.78. The van der Waals surface area contributed by atoms with Gasteiger partial charge in [-0.15, -0.1) is 0 Å². The van der Waals surface area contributed by atoms with Crippen LogP contribution in [-0.4, -0.2) is 68.5 Å². The van der Waals surface area contributed by atoms with E-state index in [-0.39, 0.29) is 21.5 Å². The van der Waals surface area contributed by atoms with Crippen molar-refractivity contribution in [1.29, 1.82) is 0 Å². The van der Waals surface area contributed by atoms with Gasteiger partial charge in [0.05, 0.1) is 17.6 Å². The van der Waals surface area contributed by atoms with Crippen LogP contribution in [0.25, 0.3) is 0 Å². The third-order valence-electron chi connectivity index (χ3n) is 5.51. The molecule has 0 radical (unpaired) electrons. The number of aromatic nitrogens is 2. The SMILES string of the molecule is CCCNC(=O)CN1CCN(c2ncc(S(=O)(=O)c3ccc(C(C)C)cc3)c(N)n2)CC1. The van der Waals surface area contributed by atoms with E-state index in [1.54, 1.807) is 12.1 Å². The van der Waals surface area contributed by atoms with Gasteiger partial charge in [-0.05, 0) is 30.0 Å². The van der Waals surface area contributed by atoms with Gasteiger partial charge >= 0.3 is 0 Å². The van der Waals surface area contributed by atoms with Crippen LogP contribution in [0.4, 0.5) is 11.8 Å². The molecular weight excluding hydrogens is 428 g/mol. The molecule has 32 heavy (non-hydrogen) atoms. The number of sulfone groups is 1. The van der Waals surface area contributed by atoms with Crippen molar-refractivity contribution in [3.05, 3.63) is 36.0 Å². The van der Waals surface area contributed by atoms with Crippen molar-refractivity contribution in [3.63, 3.8) is 0 Å². The maximum atomic E-state index is 13.0. The number of amides is 1. The molecule has 174 valence electrons. The zero-order chi connectivity index (χ0) is 23.3. The average molecular weight is 461 g/mol. The number of carbonyl (C=O) groups is 1. The third kappa shape index (κ3) is 5.55. The minimum atomic E-state index is -3.81. The van der Waals surface area contributed by atoms with Crippen LogP contribution in [0.1, 0.15) is 38.7 Å². The number of hydrogen-bond donors (Lipinski definition) is 2. The van der Waals surface area contributed by atoms with Gasteiger partial charge in [0.2, 0.25) is 21.7 Å². The lowest BCUT2D eigenvalue weighted by Gasteiger charge is -2.34. The number of carbonyl (C=O) groups excluding carboxylic acids is 1. The Hall–Kier alpha value is -2.72. The maximum absolute atomic E-state index is 13.0. The molecule has 2 heterocycles. The topological polar surface area (TPSA) is 122 Å². The van der Waals surface area contributed by atoms with Crippen LogP contribution < -0.4 is 16.0 Å². The molecule has 1 saturated heterocycles. The molecule has 0 spiro atoms. The Kier molecular flexibility index (Phi) is 7.68. The Labute approximate surface area is 189 Å². The second-order valence-electron chi connectivity index (χ2n) is 8.26. The fraction of sp³-hybridized carbons (Fsp3) is 0.500. The van der Waals surface area contributed by atoms with E-state index in [0.717, 1.165) is 12.0 Å². The van der Waals surface area contributed by atoms with E-state index in [2.05, 4.69) is 34.0 Å². The summed E-state index contributed by atoms with van der Waals surface area (Å²) in [6.07, 6.45) is 2.20. The normalized spacial score (nSPS) is 15.2. The molecule has 3 N–H and O–H groups in total. The van der Waals surface area contributed by atoms with Crippen LogP contribution in [0.15, 0.2) is 40.3 Å². The Balaban J connectivity index is 1.67. The summed E-state index contributed by atoms with van der Waals surface area (Å²) in [4.78, 5) is 24.6. The Bertz CT molecular complexity index is 1030. The molecule has 0 atom stereocenters. The van der Waals surface area contributed by atoms with Crippen molar-refractivity contribution in [3.8, 4) is 0 Å². The largest absolute Gasteiger partial charge is 0.382 e. The van der Waals surface area contributed by atoms with Gasteiger partial charge in [-0.25, -0.2) is 13.4 Å². The lowest BCUT2D eigenvalue weighted by atomic mass is 10.0. The first-order valence-electron chi connectivity index (χ1n) is 10.9. The van der Waals surface area contributed by atoms with E-state index in [1.165, 1.54) is 6.20 Å². The maximum Gasteiger partial charge on any atom is 0.234 e. The molecular formula is C22H32N6O3S. The van der Waals surface area contributed by atoms with Crippen LogP contribution in [-0.2, 0) is 14.6 Å². The van der Waals surface area contributed by atoms with Crippen molar-refractivity contribution in [2.75, 3.05) is 49.9 Å². The summed E-state index contributed by atoms with van der Waals surface area (Å²) >= 11 is 0. The van der Waals surface area contributed by atoms with E-state index in [0.29, 0.717) is 51.1 Å². The molecule has 2 aromatic rings. The van der Waals surface area contributed by atoms with Crippen LogP contribution in [0.2, 0.25) is 0 Å². The number of hydrogen-bond acceptors (Lipinski definition) is 8. The number of nitrogens with two attached hydrogens (primary N) is 1. The van der Waals surface area contributed by atoms with Crippen molar-refractivity contribution in [2.24, 2.45) is 0 Å². The monoisotopic (exact) mass is 460 g/mol. The Morgan fingerprint density at radius 1 is 1.16 bits per heavy atom. The molecule has 0 saturated carbocycles. The zero-order valence-corrected chi connectivity index (χ0v) is 19.7. The summed E-state index contributed by atoms with van der Waals surface area (Å²) in [5.41, 5.74) is 7.11.